The molecule has 84 valence electrons. The van der Waals surface area contributed by atoms with E-state index in [0.717, 1.165) is 11.8 Å². The minimum absolute atomic E-state index is 0.438. The zero-order valence-electron chi connectivity index (χ0n) is 7.98. The van der Waals surface area contributed by atoms with Crippen molar-refractivity contribution in [2.45, 2.75) is 11.4 Å². The van der Waals surface area contributed by atoms with Crippen molar-refractivity contribution in [2.75, 3.05) is 6.26 Å². The molecule has 0 saturated heterocycles. The van der Waals surface area contributed by atoms with Crippen LogP contribution in [0.2, 0.25) is 5.02 Å². The van der Waals surface area contributed by atoms with Crippen molar-refractivity contribution in [3.05, 3.63) is 34.9 Å². The summed E-state index contributed by atoms with van der Waals surface area (Å²) < 4.78 is 26.4. The predicted octanol–water partition coefficient (Wildman–Crippen LogP) is 2.58. The van der Waals surface area contributed by atoms with Crippen molar-refractivity contribution in [1.82, 2.24) is 0 Å². The van der Waals surface area contributed by atoms with Gasteiger partial charge in [-0.05, 0) is 17.7 Å². The lowest BCUT2D eigenvalue weighted by Crippen LogP contribution is -2.13. The first-order valence-electron chi connectivity index (χ1n) is 4.13. The van der Waals surface area contributed by atoms with Crippen LogP contribution in [0.15, 0.2) is 24.3 Å². The van der Waals surface area contributed by atoms with E-state index in [9.17, 15) is 8.42 Å². The van der Waals surface area contributed by atoms with Gasteiger partial charge in [-0.25, -0.2) is 0 Å². The van der Waals surface area contributed by atoms with Gasteiger partial charge in [-0.2, -0.15) is 8.42 Å². The van der Waals surface area contributed by atoms with Crippen LogP contribution < -0.4 is 0 Å². The molecule has 1 atom stereocenters. The quantitative estimate of drug-likeness (QED) is 0.634. The highest BCUT2D eigenvalue weighted by atomic mass is 79.9. The maximum atomic E-state index is 10.8. The number of halogens is 2. The van der Waals surface area contributed by atoms with E-state index >= 15 is 0 Å². The van der Waals surface area contributed by atoms with E-state index in [2.05, 4.69) is 15.9 Å². The van der Waals surface area contributed by atoms with E-state index in [1.165, 1.54) is 0 Å². The summed E-state index contributed by atoms with van der Waals surface area (Å²) in [5, 5.41) is 0.0533. The Labute approximate surface area is 103 Å². The summed E-state index contributed by atoms with van der Waals surface area (Å²) in [6.45, 7) is 0. The Morgan fingerprint density at radius 3 is 2.73 bits per heavy atom. The second-order valence-corrected chi connectivity index (χ2v) is 6.10. The average Bonchev–Trinajstić information content (AvgIpc) is 1.99. The van der Waals surface area contributed by atoms with Crippen molar-refractivity contribution in [3.63, 3.8) is 0 Å². The summed E-state index contributed by atoms with van der Waals surface area (Å²) in [4.78, 5) is 0. The lowest BCUT2D eigenvalue weighted by atomic mass is 10.2. The van der Waals surface area contributed by atoms with E-state index < -0.39 is 15.1 Å². The number of alkyl halides is 1. The van der Waals surface area contributed by atoms with Crippen LogP contribution >= 0.6 is 27.5 Å². The molecule has 0 N–H and O–H groups in total. The zero-order valence-corrected chi connectivity index (χ0v) is 11.1. The van der Waals surface area contributed by atoms with Crippen molar-refractivity contribution >= 4 is 37.6 Å². The molecule has 0 aliphatic rings. The molecule has 0 aliphatic carbocycles. The summed E-state index contributed by atoms with van der Waals surface area (Å²) in [6, 6.07) is 7.18. The van der Waals surface area contributed by atoms with Crippen LogP contribution in [0.1, 0.15) is 5.56 Å². The molecule has 0 spiro atoms. The molecule has 0 amide bonds. The Morgan fingerprint density at radius 1 is 1.53 bits per heavy atom. The van der Waals surface area contributed by atoms with E-state index in [4.69, 9.17) is 15.8 Å². The third-order valence-corrected chi connectivity index (χ3v) is 3.14. The van der Waals surface area contributed by atoms with Gasteiger partial charge in [0.25, 0.3) is 10.1 Å². The lowest BCUT2D eigenvalue weighted by molar-refractivity contribution is 0.301. The Hall–Kier alpha value is -0.100. The lowest BCUT2D eigenvalue weighted by Gasteiger charge is -2.09. The molecule has 0 saturated carbocycles. The number of hydrogen-bond acceptors (Lipinski definition) is 3. The van der Waals surface area contributed by atoms with Gasteiger partial charge in [-0.1, -0.05) is 39.7 Å². The molecule has 0 heterocycles. The van der Waals surface area contributed by atoms with Gasteiger partial charge in [0, 0.05) is 11.4 Å². The maximum absolute atomic E-state index is 10.8. The summed E-state index contributed by atoms with van der Waals surface area (Å²) in [5.74, 6) is 0. The zero-order chi connectivity index (χ0) is 11.5. The fraction of sp³-hybridized carbons (Fsp3) is 0.333. The molecule has 0 aliphatic heterocycles. The molecular weight excluding hydrogens is 304 g/mol. The van der Waals surface area contributed by atoms with Crippen molar-refractivity contribution in [1.29, 1.82) is 0 Å². The van der Waals surface area contributed by atoms with Gasteiger partial charge < -0.3 is 0 Å². The molecule has 0 fully saturated rings. The fourth-order valence-corrected chi connectivity index (χ4v) is 2.94. The van der Waals surface area contributed by atoms with E-state index in [-0.39, 0.29) is 0 Å². The Bertz CT molecular complexity index is 433. The standard InChI is InChI=1S/C9H10BrClO3S/c1-15(12,13)14-9(10)6-7-3-2-4-8(11)5-7/h2-5,9H,6H2,1H3. The second-order valence-electron chi connectivity index (χ2n) is 3.04. The number of hydrogen-bond donors (Lipinski definition) is 0. The highest BCUT2D eigenvalue weighted by Gasteiger charge is 2.12. The van der Waals surface area contributed by atoms with Crippen molar-refractivity contribution < 1.29 is 12.6 Å². The Balaban J connectivity index is 2.63. The summed E-state index contributed by atoms with van der Waals surface area (Å²) in [5.41, 5.74) is 0.910. The SMILES string of the molecule is CS(=O)(=O)OC(Br)Cc1cccc(Cl)c1. The molecule has 1 rings (SSSR count). The second kappa shape index (κ2) is 5.30. The molecule has 0 radical (unpaired) electrons. The van der Waals surface area contributed by atoms with Crippen LogP contribution in [0, 0.1) is 0 Å². The van der Waals surface area contributed by atoms with Gasteiger partial charge >= 0.3 is 0 Å². The maximum Gasteiger partial charge on any atom is 0.265 e. The van der Waals surface area contributed by atoms with Crippen LogP contribution in [-0.4, -0.2) is 19.7 Å². The third kappa shape index (κ3) is 5.51. The van der Waals surface area contributed by atoms with Gasteiger partial charge in [-0.3, -0.25) is 4.18 Å². The molecule has 15 heavy (non-hydrogen) atoms. The third-order valence-electron chi connectivity index (χ3n) is 1.56. The first kappa shape index (κ1) is 13.0. The Kier molecular flexibility index (Phi) is 4.58. The molecule has 0 aromatic heterocycles. The fourth-order valence-electron chi connectivity index (χ4n) is 1.07. The smallest absolute Gasteiger partial charge is 0.255 e. The Morgan fingerprint density at radius 2 is 2.20 bits per heavy atom. The van der Waals surface area contributed by atoms with Crippen molar-refractivity contribution in [3.8, 4) is 0 Å². The van der Waals surface area contributed by atoms with E-state index in [1.807, 2.05) is 6.07 Å². The van der Waals surface area contributed by atoms with Crippen LogP contribution in [0.25, 0.3) is 0 Å². The highest BCUT2D eigenvalue weighted by molar-refractivity contribution is 9.09. The normalized spacial score (nSPS) is 13.8. The molecule has 6 heteroatoms. The minimum atomic E-state index is -3.43. The first-order valence-corrected chi connectivity index (χ1v) is 7.24. The monoisotopic (exact) mass is 312 g/mol. The summed E-state index contributed by atoms with van der Waals surface area (Å²) in [6.07, 6.45) is 1.45. The largest absolute Gasteiger partial charge is 0.265 e. The van der Waals surface area contributed by atoms with E-state index in [0.29, 0.717) is 11.4 Å². The molecule has 3 nitrogen and oxygen atoms in total. The summed E-state index contributed by atoms with van der Waals surface area (Å²) >= 11 is 8.92. The van der Waals surface area contributed by atoms with Crippen LogP contribution in [0.4, 0.5) is 0 Å². The summed E-state index contributed by atoms with van der Waals surface area (Å²) in [7, 11) is -3.43. The minimum Gasteiger partial charge on any atom is -0.255 e. The van der Waals surface area contributed by atoms with Crippen LogP contribution in [0.5, 0.6) is 0 Å². The van der Waals surface area contributed by atoms with Gasteiger partial charge in [0.05, 0.1) is 6.26 Å². The van der Waals surface area contributed by atoms with Gasteiger partial charge in [0.1, 0.15) is 5.01 Å². The first-order chi connectivity index (χ1) is 6.87. The molecule has 1 aromatic rings. The predicted molar refractivity (Wildman–Crippen MR) is 63.8 cm³/mol. The molecular formula is C9H10BrClO3S. The number of rotatable bonds is 4. The average molecular weight is 314 g/mol. The topological polar surface area (TPSA) is 43.4 Å². The number of benzene rings is 1. The van der Waals surface area contributed by atoms with Gasteiger partial charge in [-0.15, -0.1) is 0 Å². The van der Waals surface area contributed by atoms with Crippen LogP contribution in [-0.2, 0) is 20.7 Å². The van der Waals surface area contributed by atoms with Gasteiger partial charge in [0.15, 0.2) is 0 Å². The van der Waals surface area contributed by atoms with Gasteiger partial charge in [0.2, 0.25) is 0 Å². The van der Waals surface area contributed by atoms with Crippen LogP contribution in [0.3, 0.4) is 0 Å². The molecule has 0 bridgehead atoms. The highest BCUT2D eigenvalue weighted by Crippen LogP contribution is 2.16. The van der Waals surface area contributed by atoms with Crippen molar-refractivity contribution in [2.24, 2.45) is 0 Å². The van der Waals surface area contributed by atoms with E-state index in [1.54, 1.807) is 18.2 Å². The molecule has 1 aromatic carbocycles. The molecule has 1 unspecified atom stereocenters.